The first-order valence-electron chi connectivity index (χ1n) is 10.8. The number of anilines is 1. The Bertz CT molecular complexity index is 1230. The average molecular weight is 460 g/mol. The lowest BCUT2D eigenvalue weighted by atomic mass is 9.98. The van der Waals surface area contributed by atoms with Crippen LogP contribution in [-0.4, -0.2) is 52.2 Å². The fourth-order valence-corrected chi connectivity index (χ4v) is 3.98. The molecule has 0 bridgehead atoms. The maximum Gasteiger partial charge on any atom is 0.411 e. The highest BCUT2D eigenvalue weighted by Crippen LogP contribution is 2.44. The van der Waals surface area contributed by atoms with E-state index in [0.717, 1.165) is 27.2 Å². The van der Waals surface area contributed by atoms with Crippen molar-refractivity contribution < 1.29 is 24.2 Å². The molecule has 4 rings (SSSR count). The van der Waals surface area contributed by atoms with E-state index in [1.165, 1.54) is 33.2 Å². The number of hydrogen-bond acceptors (Lipinski definition) is 5. The number of nitrogens with one attached hydrogen (secondary N) is 1. The second-order valence-corrected chi connectivity index (χ2v) is 8.58. The maximum absolute atomic E-state index is 12.9. The van der Waals surface area contributed by atoms with Gasteiger partial charge in [-0.3, -0.25) is 10.1 Å². The molecule has 8 nitrogen and oxygen atoms in total. The number of ether oxygens (including phenoxy) is 1. The van der Waals surface area contributed by atoms with Crippen molar-refractivity contribution in [3.8, 4) is 11.1 Å². The normalized spacial score (nSPS) is 12.4. The summed E-state index contributed by atoms with van der Waals surface area (Å²) in [5.74, 6) is -1.90. The number of nitrogens with zero attached hydrogens (tertiary/aromatic N) is 2. The van der Waals surface area contributed by atoms with Crippen molar-refractivity contribution >= 4 is 23.7 Å². The molecule has 8 heteroatoms. The van der Waals surface area contributed by atoms with Crippen LogP contribution < -0.4 is 5.32 Å². The van der Waals surface area contributed by atoms with Crippen molar-refractivity contribution in [2.24, 2.45) is 0 Å². The van der Waals surface area contributed by atoms with E-state index in [4.69, 9.17) is 4.74 Å². The van der Waals surface area contributed by atoms with Crippen molar-refractivity contribution in [3.05, 3.63) is 83.7 Å². The van der Waals surface area contributed by atoms with Crippen LogP contribution in [0.4, 0.5) is 10.5 Å². The molecule has 3 aromatic rings. The van der Waals surface area contributed by atoms with Gasteiger partial charge in [-0.05, 0) is 48.2 Å². The number of benzene rings is 2. The SMILES string of the molecule is CN(C(=O)c1ncccc1NC(=O)OCC1c2ccccc2-c2ccccc21)C(C)(C)C(=O)O. The monoisotopic (exact) mass is 459 g/mol. The number of amides is 2. The molecule has 2 aromatic carbocycles. The Labute approximate surface area is 197 Å². The van der Waals surface area contributed by atoms with E-state index in [0.29, 0.717) is 0 Å². The molecule has 2 N–H and O–H groups in total. The molecule has 1 aromatic heterocycles. The van der Waals surface area contributed by atoms with Crippen LogP contribution in [0.1, 0.15) is 41.4 Å². The largest absolute Gasteiger partial charge is 0.480 e. The van der Waals surface area contributed by atoms with Gasteiger partial charge in [-0.1, -0.05) is 48.5 Å². The van der Waals surface area contributed by atoms with Gasteiger partial charge in [-0.15, -0.1) is 0 Å². The smallest absolute Gasteiger partial charge is 0.411 e. The third-order valence-corrected chi connectivity index (χ3v) is 6.26. The fourth-order valence-electron chi connectivity index (χ4n) is 3.98. The summed E-state index contributed by atoms with van der Waals surface area (Å²) < 4.78 is 5.55. The van der Waals surface area contributed by atoms with Gasteiger partial charge in [0.25, 0.3) is 5.91 Å². The standard InChI is InChI=1S/C26H25N3O5/c1-26(2,24(31)32)29(3)23(30)22-21(13-8-14-27-22)28-25(33)34-15-20-18-11-6-4-9-16(18)17-10-5-7-12-19(17)20/h4-14,20H,15H2,1-3H3,(H,28,33)(H,31,32). The van der Waals surface area contributed by atoms with E-state index in [-0.39, 0.29) is 23.9 Å². The van der Waals surface area contributed by atoms with Gasteiger partial charge >= 0.3 is 12.1 Å². The summed E-state index contributed by atoms with van der Waals surface area (Å²) in [7, 11) is 1.38. The number of aliphatic carboxylic acids is 1. The number of hydrogen-bond donors (Lipinski definition) is 2. The number of aromatic nitrogens is 1. The van der Waals surface area contributed by atoms with Crippen LogP contribution in [0.5, 0.6) is 0 Å². The molecule has 0 fully saturated rings. The van der Waals surface area contributed by atoms with Crippen molar-refractivity contribution in [2.75, 3.05) is 19.0 Å². The Kier molecular flexibility index (Phi) is 6.06. The number of pyridine rings is 1. The van der Waals surface area contributed by atoms with Gasteiger partial charge in [0.15, 0.2) is 5.69 Å². The third kappa shape index (κ3) is 4.10. The van der Waals surface area contributed by atoms with E-state index >= 15 is 0 Å². The molecule has 0 radical (unpaired) electrons. The third-order valence-electron chi connectivity index (χ3n) is 6.26. The van der Waals surface area contributed by atoms with Gasteiger partial charge < -0.3 is 14.7 Å². The highest BCUT2D eigenvalue weighted by atomic mass is 16.5. The van der Waals surface area contributed by atoms with Crippen molar-refractivity contribution in [1.29, 1.82) is 0 Å². The number of carboxylic acid groups (broad SMARTS) is 1. The Morgan fingerprint density at radius 1 is 1.00 bits per heavy atom. The fraction of sp³-hybridized carbons (Fsp3) is 0.231. The molecule has 0 saturated carbocycles. The van der Waals surface area contributed by atoms with Crippen molar-refractivity contribution in [1.82, 2.24) is 9.88 Å². The molecule has 1 aliphatic rings. The lowest BCUT2D eigenvalue weighted by molar-refractivity contribution is -0.147. The van der Waals surface area contributed by atoms with Gasteiger partial charge in [0.2, 0.25) is 0 Å². The van der Waals surface area contributed by atoms with E-state index in [2.05, 4.69) is 22.4 Å². The van der Waals surface area contributed by atoms with Crippen LogP contribution in [0.3, 0.4) is 0 Å². The van der Waals surface area contributed by atoms with Crippen LogP contribution in [0, 0.1) is 0 Å². The molecule has 1 aliphatic carbocycles. The Hall–Kier alpha value is -4.20. The molecule has 1 heterocycles. The zero-order valence-electron chi connectivity index (χ0n) is 19.1. The van der Waals surface area contributed by atoms with Crippen LogP contribution in [0.2, 0.25) is 0 Å². The minimum atomic E-state index is -1.46. The first-order chi connectivity index (χ1) is 16.2. The highest BCUT2D eigenvalue weighted by molar-refractivity contribution is 6.02. The summed E-state index contributed by atoms with van der Waals surface area (Å²) in [6.07, 6.45) is 0.668. The first-order valence-corrected chi connectivity index (χ1v) is 10.8. The highest BCUT2D eigenvalue weighted by Gasteiger charge is 2.37. The number of carbonyl (C=O) groups is 3. The van der Waals surface area contributed by atoms with Crippen LogP contribution in [-0.2, 0) is 9.53 Å². The van der Waals surface area contributed by atoms with Crippen molar-refractivity contribution in [2.45, 2.75) is 25.3 Å². The van der Waals surface area contributed by atoms with Gasteiger partial charge in [0.1, 0.15) is 12.1 Å². The zero-order chi connectivity index (χ0) is 24.5. The average Bonchev–Trinajstić information content (AvgIpc) is 3.16. The van der Waals surface area contributed by atoms with E-state index in [9.17, 15) is 19.5 Å². The summed E-state index contributed by atoms with van der Waals surface area (Å²) in [6.45, 7) is 2.94. The number of carboxylic acids is 1. The predicted octanol–water partition coefficient (Wildman–Crippen LogP) is 4.38. The number of likely N-dealkylation sites (N-methyl/N-ethyl adjacent to an activating group) is 1. The minimum absolute atomic E-state index is 0.0761. The predicted molar refractivity (Wildman–Crippen MR) is 127 cm³/mol. The molecule has 0 atom stereocenters. The quantitative estimate of drug-likeness (QED) is 0.566. The molecule has 0 spiro atoms. The molecule has 174 valence electrons. The lowest BCUT2D eigenvalue weighted by Crippen LogP contribution is -2.51. The maximum atomic E-state index is 12.9. The van der Waals surface area contributed by atoms with E-state index < -0.39 is 23.5 Å². The molecule has 34 heavy (non-hydrogen) atoms. The van der Waals surface area contributed by atoms with Gasteiger partial charge in [-0.2, -0.15) is 0 Å². The van der Waals surface area contributed by atoms with E-state index in [1.54, 1.807) is 6.07 Å². The molecular formula is C26H25N3O5. The van der Waals surface area contributed by atoms with Gasteiger partial charge in [0.05, 0.1) is 5.69 Å². The molecular weight excluding hydrogens is 434 g/mol. The molecule has 0 saturated heterocycles. The van der Waals surface area contributed by atoms with Crippen LogP contribution in [0.25, 0.3) is 11.1 Å². The van der Waals surface area contributed by atoms with Crippen molar-refractivity contribution in [3.63, 3.8) is 0 Å². The topological polar surface area (TPSA) is 109 Å². The summed E-state index contributed by atoms with van der Waals surface area (Å²) in [6, 6.07) is 19.1. The molecule has 0 aliphatic heterocycles. The second-order valence-electron chi connectivity index (χ2n) is 8.58. The number of carbonyl (C=O) groups excluding carboxylic acids is 2. The summed E-state index contributed by atoms with van der Waals surface area (Å²) in [4.78, 5) is 42.3. The molecule has 0 unspecified atom stereocenters. The van der Waals surface area contributed by atoms with Crippen LogP contribution in [0.15, 0.2) is 66.9 Å². The second kappa shape index (κ2) is 8.97. The Morgan fingerprint density at radius 3 is 2.18 bits per heavy atom. The zero-order valence-corrected chi connectivity index (χ0v) is 19.1. The van der Waals surface area contributed by atoms with Crippen LogP contribution >= 0.6 is 0 Å². The Morgan fingerprint density at radius 2 is 1.59 bits per heavy atom. The lowest BCUT2D eigenvalue weighted by Gasteiger charge is -2.31. The van der Waals surface area contributed by atoms with E-state index in [1.807, 2.05) is 36.4 Å². The summed E-state index contributed by atoms with van der Waals surface area (Å²) >= 11 is 0. The first kappa shape index (κ1) is 23.0. The van der Waals surface area contributed by atoms with Gasteiger partial charge in [0, 0.05) is 19.2 Å². The summed E-state index contributed by atoms with van der Waals surface area (Å²) in [5, 5.41) is 12.0. The number of fused-ring (bicyclic) bond motifs is 3. The molecule has 2 amide bonds. The van der Waals surface area contributed by atoms with Gasteiger partial charge in [-0.25, -0.2) is 14.6 Å². The summed E-state index contributed by atoms with van der Waals surface area (Å²) in [5.41, 5.74) is 3.02. The number of rotatable bonds is 6. The Balaban J connectivity index is 1.49. The minimum Gasteiger partial charge on any atom is -0.480 e.